The molecule has 0 atom stereocenters. The third-order valence-corrected chi connectivity index (χ3v) is 1.86. The van der Waals surface area contributed by atoms with Crippen molar-refractivity contribution in [2.24, 2.45) is 0 Å². The fraction of sp³-hybridized carbons (Fsp3) is 0.889. The smallest absolute Gasteiger partial charge is 0.282 e. The van der Waals surface area contributed by atoms with Crippen molar-refractivity contribution in [3.63, 3.8) is 0 Å². The van der Waals surface area contributed by atoms with Gasteiger partial charge in [-0.15, -0.1) is 0 Å². The maximum Gasteiger partial charge on any atom is 0.282 e. The third-order valence-electron chi connectivity index (χ3n) is 1.86. The number of carbonyl (C=O) groups excluding carboxylic acids is 1. The molecule has 90 valence electrons. The Morgan fingerprint density at radius 1 is 1.47 bits per heavy atom. The summed E-state index contributed by atoms with van der Waals surface area (Å²) < 4.78 is 25.0. The standard InChI is InChI=1S/C9H18F2N2O2/c1-13(2)8(15)4-3-5-12-6-9(10,11)7-14/h12,14H,3-7H2,1-2H3. The molecule has 0 aromatic rings. The molecule has 0 saturated carbocycles. The molecule has 0 heterocycles. The molecule has 2 N–H and O–H groups in total. The van der Waals surface area contributed by atoms with Gasteiger partial charge in [0, 0.05) is 20.5 Å². The molecule has 0 spiro atoms. The number of aliphatic hydroxyl groups excluding tert-OH is 1. The lowest BCUT2D eigenvalue weighted by molar-refractivity contribution is -0.128. The van der Waals surface area contributed by atoms with Gasteiger partial charge in [-0.05, 0) is 13.0 Å². The lowest BCUT2D eigenvalue weighted by atomic mass is 10.2. The zero-order valence-electron chi connectivity index (χ0n) is 9.09. The van der Waals surface area contributed by atoms with Crippen molar-refractivity contribution in [3.05, 3.63) is 0 Å². The Bertz CT molecular complexity index is 199. The van der Waals surface area contributed by atoms with Gasteiger partial charge in [0.15, 0.2) is 0 Å². The summed E-state index contributed by atoms with van der Waals surface area (Å²) in [5, 5.41) is 10.8. The largest absolute Gasteiger partial charge is 0.390 e. The van der Waals surface area contributed by atoms with Crippen LogP contribution in [0.4, 0.5) is 8.78 Å². The Balaban J connectivity index is 3.44. The minimum Gasteiger partial charge on any atom is -0.390 e. The SMILES string of the molecule is CN(C)C(=O)CCCNCC(F)(F)CO. The second kappa shape index (κ2) is 6.68. The summed E-state index contributed by atoms with van der Waals surface area (Å²) in [5.41, 5.74) is 0. The number of nitrogens with zero attached hydrogens (tertiary/aromatic N) is 1. The lowest BCUT2D eigenvalue weighted by Crippen LogP contribution is -2.36. The Morgan fingerprint density at radius 2 is 2.07 bits per heavy atom. The van der Waals surface area contributed by atoms with Gasteiger partial charge in [-0.25, -0.2) is 8.78 Å². The first-order chi connectivity index (χ1) is 6.89. The summed E-state index contributed by atoms with van der Waals surface area (Å²) in [6, 6.07) is 0. The number of aliphatic hydroxyl groups is 1. The van der Waals surface area contributed by atoms with Crippen molar-refractivity contribution in [2.75, 3.05) is 33.8 Å². The molecule has 6 heteroatoms. The number of carbonyl (C=O) groups is 1. The topological polar surface area (TPSA) is 52.6 Å². The van der Waals surface area contributed by atoms with Crippen LogP contribution in [0, 0.1) is 0 Å². The van der Waals surface area contributed by atoms with E-state index in [0.29, 0.717) is 19.4 Å². The van der Waals surface area contributed by atoms with Gasteiger partial charge >= 0.3 is 0 Å². The number of halogens is 2. The summed E-state index contributed by atoms with van der Waals surface area (Å²) >= 11 is 0. The lowest BCUT2D eigenvalue weighted by Gasteiger charge is -2.14. The van der Waals surface area contributed by atoms with Crippen LogP contribution in [0.15, 0.2) is 0 Å². The fourth-order valence-electron chi connectivity index (χ4n) is 0.915. The van der Waals surface area contributed by atoms with Crippen molar-refractivity contribution in [2.45, 2.75) is 18.8 Å². The molecular weight excluding hydrogens is 206 g/mol. The molecule has 4 nitrogen and oxygen atoms in total. The molecule has 0 aliphatic carbocycles. The first-order valence-electron chi connectivity index (χ1n) is 4.78. The third kappa shape index (κ3) is 7.21. The van der Waals surface area contributed by atoms with Crippen LogP contribution < -0.4 is 5.32 Å². The molecule has 0 bridgehead atoms. The van der Waals surface area contributed by atoms with Crippen LogP contribution >= 0.6 is 0 Å². The summed E-state index contributed by atoms with van der Waals surface area (Å²) in [5.74, 6) is -3.10. The zero-order chi connectivity index (χ0) is 11.9. The van der Waals surface area contributed by atoms with Crippen LogP contribution in [0.25, 0.3) is 0 Å². The molecule has 0 saturated heterocycles. The minimum absolute atomic E-state index is 0.0225. The van der Waals surface area contributed by atoms with E-state index >= 15 is 0 Å². The molecule has 0 radical (unpaired) electrons. The van der Waals surface area contributed by atoms with Gasteiger partial charge in [-0.1, -0.05) is 0 Å². The van der Waals surface area contributed by atoms with E-state index in [0.717, 1.165) is 0 Å². The highest BCUT2D eigenvalue weighted by atomic mass is 19.3. The van der Waals surface area contributed by atoms with Crippen LogP contribution in [0.3, 0.4) is 0 Å². The first-order valence-corrected chi connectivity index (χ1v) is 4.78. The second-order valence-corrected chi connectivity index (χ2v) is 3.58. The number of amides is 1. The van der Waals surface area contributed by atoms with E-state index in [2.05, 4.69) is 5.32 Å². The highest BCUT2D eigenvalue weighted by molar-refractivity contribution is 5.75. The van der Waals surface area contributed by atoms with Crippen molar-refractivity contribution in [3.8, 4) is 0 Å². The first kappa shape index (κ1) is 14.2. The van der Waals surface area contributed by atoms with Gasteiger partial charge in [0.2, 0.25) is 5.91 Å². The average molecular weight is 224 g/mol. The highest BCUT2D eigenvalue weighted by Crippen LogP contribution is 2.09. The molecule has 0 aliphatic heterocycles. The Hall–Kier alpha value is -0.750. The van der Waals surface area contributed by atoms with E-state index in [1.807, 2.05) is 0 Å². The number of nitrogens with one attached hydrogen (secondary N) is 1. The normalized spacial score (nSPS) is 11.5. The Morgan fingerprint density at radius 3 is 2.53 bits per heavy atom. The van der Waals surface area contributed by atoms with Gasteiger partial charge in [0.05, 0.1) is 6.54 Å². The number of rotatable bonds is 7. The maximum absolute atomic E-state index is 12.5. The van der Waals surface area contributed by atoms with E-state index < -0.39 is 19.1 Å². The van der Waals surface area contributed by atoms with E-state index in [1.54, 1.807) is 14.1 Å². The summed E-state index contributed by atoms with van der Waals surface area (Å²) in [6.45, 7) is -1.37. The van der Waals surface area contributed by atoms with Crippen molar-refractivity contribution >= 4 is 5.91 Å². The van der Waals surface area contributed by atoms with E-state index in [9.17, 15) is 13.6 Å². The van der Waals surface area contributed by atoms with Gasteiger partial charge in [0.1, 0.15) is 6.61 Å². The highest BCUT2D eigenvalue weighted by Gasteiger charge is 2.26. The van der Waals surface area contributed by atoms with E-state index in [1.165, 1.54) is 4.90 Å². The molecule has 0 aliphatic rings. The van der Waals surface area contributed by atoms with Gasteiger partial charge in [0.25, 0.3) is 5.92 Å². The summed E-state index contributed by atoms with van der Waals surface area (Å²) in [4.78, 5) is 12.5. The quantitative estimate of drug-likeness (QED) is 0.602. The van der Waals surface area contributed by atoms with Crippen LogP contribution in [-0.4, -0.2) is 55.6 Å². The van der Waals surface area contributed by atoms with Crippen LogP contribution in [0.1, 0.15) is 12.8 Å². The van der Waals surface area contributed by atoms with Crippen molar-refractivity contribution in [1.82, 2.24) is 10.2 Å². The average Bonchev–Trinajstić information content (AvgIpc) is 2.16. The Kier molecular flexibility index (Phi) is 6.35. The van der Waals surface area contributed by atoms with Gasteiger partial charge in [-0.2, -0.15) is 0 Å². The van der Waals surface area contributed by atoms with Gasteiger partial charge < -0.3 is 15.3 Å². The predicted octanol–water partition coefficient (Wildman–Crippen LogP) is 0.0720. The van der Waals surface area contributed by atoms with E-state index in [-0.39, 0.29) is 5.91 Å². The van der Waals surface area contributed by atoms with Crippen LogP contribution in [0.5, 0.6) is 0 Å². The number of hydrogen-bond acceptors (Lipinski definition) is 3. The van der Waals surface area contributed by atoms with Crippen LogP contribution in [-0.2, 0) is 4.79 Å². The minimum atomic E-state index is -3.08. The molecule has 15 heavy (non-hydrogen) atoms. The van der Waals surface area contributed by atoms with Gasteiger partial charge in [-0.3, -0.25) is 4.79 Å². The van der Waals surface area contributed by atoms with Crippen LogP contribution in [0.2, 0.25) is 0 Å². The van der Waals surface area contributed by atoms with Crippen molar-refractivity contribution < 1.29 is 18.7 Å². The summed E-state index contributed by atoms with van der Waals surface area (Å²) in [7, 11) is 3.30. The number of hydrogen-bond donors (Lipinski definition) is 2. The molecule has 1 amide bonds. The summed E-state index contributed by atoms with van der Waals surface area (Å²) in [6.07, 6.45) is 0.850. The van der Waals surface area contributed by atoms with E-state index in [4.69, 9.17) is 5.11 Å². The predicted molar refractivity (Wildman–Crippen MR) is 52.8 cm³/mol. The molecule has 0 aromatic heterocycles. The molecule has 0 rings (SSSR count). The molecule has 0 unspecified atom stereocenters. The molecule has 0 fully saturated rings. The monoisotopic (exact) mass is 224 g/mol. The zero-order valence-corrected chi connectivity index (χ0v) is 9.09. The number of alkyl halides is 2. The second-order valence-electron chi connectivity index (χ2n) is 3.58. The Labute approximate surface area is 88.3 Å². The fourth-order valence-corrected chi connectivity index (χ4v) is 0.915. The van der Waals surface area contributed by atoms with Crippen molar-refractivity contribution in [1.29, 1.82) is 0 Å². The molecule has 0 aromatic carbocycles. The maximum atomic E-state index is 12.5. The molecular formula is C9H18F2N2O2.